The fraction of sp³-hybridized carbons (Fsp3) is 0.312. The topological polar surface area (TPSA) is 79.3 Å². The molecule has 3 rings (SSSR count). The largest absolute Gasteiger partial charge is 0.341 e. The minimum atomic E-state index is -0.309. The van der Waals surface area contributed by atoms with Gasteiger partial charge in [-0.25, -0.2) is 9.48 Å². The van der Waals surface area contributed by atoms with Crippen molar-refractivity contribution in [3.63, 3.8) is 0 Å². The number of amides is 2. The molecular formula is C16H18BrN5O2. The molecule has 126 valence electrons. The Balaban J connectivity index is 1.92. The van der Waals surface area contributed by atoms with E-state index in [-0.39, 0.29) is 11.8 Å². The number of anilines is 3. The number of carbonyl (C=O) groups is 2. The first kappa shape index (κ1) is 16.5. The van der Waals surface area contributed by atoms with E-state index in [1.54, 1.807) is 7.05 Å². The molecule has 0 saturated heterocycles. The molecule has 7 nitrogen and oxygen atoms in total. The lowest BCUT2D eigenvalue weighted by molar-refractivity contribution is 0.0988. The highest BCUT2D eigenvalue weighted by atomic mass is 79.9. The van der Waals surface area contributed by atoms with Crippen molar-refractivity contribution in [2.45, 2.75) is 19.9 Å². The summed E-state index contributed by atoms with van der Waals surface area (Å²) in [5, 5.41) is 9.54. The van der Waals surface area contributed by atoms with Gasteiger partial charge in [-0.3, -0.25) is 10.1 Å². The van der Waals surface area contributed by atoms with E-state index in [9.17, 15) is 9.59 Å². The zero-order valence-electron chi connectivity index (χ0n) is 13.5. The lowest BCUT2D eigenvalue weighted by atomic mass is 10.1. The van der Waals surface area contributed by atoms with Crippen LogP contribution < -0.4 is 15.5 Å². The van der Waals surface area contributed by atoms with E-state index in [0.29, 0.717) is 24.3 Å². The highest BCUT2D eigenvalue weighted by Crippen LogP contribution is 2.34. The Kier molecular flexibility index (Phi) is 4.57. The molecule has 0 radical (unpaired) electrons. The predicted molar refractivity (Wildman–Crippen MR) is 96.1 cm³/mol. The summed E-state index contributed by atoms with van der Waals surface area (Å²) >= 11 is 3.48. The van der Waals surface area contributed by atoms with Crippen molar-refractivity contribution < 1.29 is 9.59 Å². The number of nitrogens with zero attached hydrogens (tertiary/aromatic N) is 3. The van der Waals surface area contributed by atoms with Gasteiger partial charge in [0, 0.05) is 41.8 Å². The van der Waals surface area contributed by atoms with Gasteiger partial charge in [0.15, 0.2) is 11.6 Å². The van der Waals surface area contributed by atoms with Crippen LogP contribution in [0.5, 0.6) is 0 Å². The number of nitrogens with one attached hydrogen (secondary N) is 2. The number of carbonyl (C=O) groups excluding carboxylic acids is 2. The minimum Gasteiger partial charge on any atom is -0.341 e. The van der Waals surface area contributed by atoms with Crippen LogP contribution in [0.15, 0.2) is 28.7 Å². The molecule has 0 bridgehead atoms. The van der Waals surface area contributed by atoms with Gasteiger partial charge in [0.1, 0.15) is 5.82 Å². The normalized spacial score (nSPS) is 12.9. The zero-order valence-corrected chi connectivity index (χ0v) is 15.1. The third-order valence-corrected chi connectivity index (χ3v) is 4.33. The fourth-order valence-electron chi connectivity index (χ4n) is 2.69. The number of halogens is 1. The molecule has 0 unspecified atom stereocenters. The van der Waals surface area contributed by atoms with Crippen molar-refractivity contribution in [1.82, 2.24) is 15.1 Å². The number of hydrogen-bond donors (Lipinski definition) is 2. The van der Waals surface area contributed by atoms with Crippen LogP contribution in [0.25, 0.3) is 0 Å². The first-order chi connectivity index (χ1) is 11.5. The van der Waals surface area contributed by atoms with Crippen LogP contribution in [0.2, 0.25) is 0 Å². The Labute approximate surface area is 148 Å². The highest BCUT2D eigenvalue weighted by Gasteiger charge is 2.24. The number of fused-ring (bicyclic) bond motifs is 1. The van der Waals surface area contributed by atoms with Gasteiger partial charge >= 0.3 is 6.03 Å². The van der Waals surface area contributed by atoms with E-state index in [1.807, 2.05) is 35.9 Å². The van der Waals surface area contributed by atoms with E-state index in [0.717, 1.165) is 22.5 Å². The molecule has 0 aliphatic carbocycles. The number of ketones is 1. The van der Waals surface area contributed by atoms with Crippen LogP contribution >= 0.6 is 15.9 Å². The molecule has 2 amide bonds. The van der Waals surface area contributed by atoms with Crippen molar-refractivity contribution in [2.75, 3.05) is 23.8 Å². The summed E-state index contributed by atoms with van der Waals surface area (Å²) in [6.45, 7) is 3.33. The Morgan fingerprint density at radius 1 is 1.25 bits per heavy atom. The number of Topliss-reactive ketones (excluding diaryl/α,β-unsaturated/α-hetero) is 1. The minimum absolute atomic E-state index is 0.104. The van der Waals surface area contributed by atoms with E-state index in [4.69, 9.17) is 0 Å². The van der Waals surface area contributed by atoms with Gasteiger partial charge in [-0.15, -0.1) is 0 Å². The van der Waals surface area contributed by atoms with Gasteiger partial charge in [0.25, 0.3) is 0 Å². The van der Waals surface area contributed by atoms with Gasteiger partial charge in [-0.05, 0) is 18.2 Å². The number of hydrogen-bond acceptors (Lipinski definition) is 4. The standard InChI is InChI=1S/C16H18BrN5O2/c1-3-13(23)10-6-11(17)8-12(7-10)21-4-5-22-15(21)9-14(20-22)19-16(24)18-2/h6-9H,3-5H2,1-2H3,(H2,18,19,20,24). The highest BCUT2D eigenvalue weighted by molar-refractivity contribution is 9.10. The molecule has 1 aromatic heterocycles. The first-order valence-corrected chi connectivity index (χ1v) is 8.49. The number of aromatic nitrogens is 2. The van der Waals surface area contributed by atoms with E-state index in [1.165, 1.54) is 0 Å². The zero-order chi connectivity index (χ0) is 17.3. The van der Waals surface area contributed by atoms with E-state index in [2.05, 4.69) is 36.6 Å². The summed E-state index contributed by atoms with van der Waals surface area (Å²) in [5.74, 6) is 1.48. The molecule has 2 heterocycles. The Morgan fingerprint density at radius 3 is 2.75 bits per heavy atom. The van der Waals surface area contributed by atoms with E-state index >= 15 is 0 Å². The third kappa shape index (κ3) is 3.14. The van der Waals surface area contributed by atoms with Crippen molar-refractivity contribution in [3.8, 4) is 0 Å². The summed E-state index contributed by atoms with van der Waals surface area (Å²) in [5.41, 5.74) is 1.61. The second-order valence-electron chi connectivity index (χ2n) is 5.44. The maximum atomic E-state index is 12.0. The van der Waals surface area contributed by atoms with Gasteiger partial charge in [0.05, 0.1) is 6.54 Å². The fourth-order valence-corrected chi connectivity index (χ4v) is 3.18. The molecular weight excluding hydrogens is 374 g/mol. The molecule has 0 saturated carbocycles. The lowest BCUT2D eigenvalue weighted by Gasteiger charge is -2.18. The van der Waals surface area contributed by atoms with Gasteiger partial charge < -0.3 is 10.2 Å². The van der Waals surface area contributed by atoms with Crippen molar-refractivity contribution in [2.24, 2.45) is 0 Å². The van der Waals surface area contributed by atoms with Gasteiger partial charge in [0.2, 0.25) is 0 Å². The summed E-state index contributed by atoms with van der Waals surface area (Å²) in [7, 11) is 1.55. The van der Waals surface area contributed by atoms with Crippen LogP contribution in [0, 0.1) is 0 Å². The van der Waals surface area contributed by atoms with Crippen LogP contribution in [0.1, 0.15) is 23.7 Å². The summed E-state index contributed by atoms with van der Waals surface area (Å²) < 4.78 is 2.70. The summed E-state index contributed by atoms with van der Waals surface area (Å²) in [6.07, 6.45) is 0.466. The van der Waals surface area contributed by atoms with Crippen LogP contribution in [0.3, 0.4) is 0 Å². The summed E-state index contributed by atoms with van der Waals surface area (Å²) in [6, 6.07) is 7.22. The first-order valence-electron chi connectivity index (χ1n) is 7.69. The molecule has 2 N–H and O–H groups in total. The Bertz CT molecular complexity index is 802. The van der Waals surface area contributed by atoms with Crippen molar-refractivity contribution >= 4 is 45.1 Å². The maximum Gasteiger partial charge on any atom is 0.320 e. The lowest BCUT2D eigenvalue weighted by Crippen LogP contribution is -2.24. The number of urea groups is 1. The monoisotopic (exact) mass is 391 g/mol. The smallest absolute Gasteiger partial charge is 0.320 e. The second kappa shape index (κ2) is 6.64. The molecule has 8 heteroatoms. The van der Waals surface area contributed by atoms with Gasteiger partial charge in [-0.2, -0.15) is 5.10 Å². The molecule has 0 atom stereocenters. The molecule has 1 aromatic carbocycles. The number of rotatable bonds is 4. The number of benzene rings is 1. The Morgan fingerprint density at radius 2 is 2.04 bits per heavy atom. The second-order valence-corrected chi connectivity index (χ2v) is 6.36. The third-order valence-electron chi connectivity index (χ3n) is 3.88. The average Bonchev–Trinajstić information content (AvgIpc) is 3.13. The van der Waals surface area contributed by atoms with Crippen LogP contribution in [-0.4, -0.2) is 35.2 Å². The summed E-state index contributed by atoms with van der Waals surface area (Å²) in [4.78, 5) is 25.5. The SMILES string of the molecule is CCC(=O)c1cc(Br)cc(N2CCn3nc(NC(=O)NC)cc32)c1. The van der Waals surface area contributed by atoms with Crippen LogP contribution in [-0.2, 0) is 6.54 Å². The van der Waals surface area contributed by atoms with E-state index < -0.39 is 0 Å². The quantitative estimate of drug-likeness (QED) is 0.784. The predicted octanol–water partition coefficient (Wildman–Crippen LogP) is 3.14. The maximum absolute atomic E-state index is 12.0. The molecule has 2 aromatic rings. The molecule has 1 aliphatic rings. The molecule has 1 aliphatic heterocycles. The molecule has 0 fully saturated rings. The molecule has 0 spiro atoms. The van der Waals surface area contributed by atoms with Crippen molar-refractivity contribution in [1.29, 1.82) is 0 Å². The van der Waals surface area contributed by atoms with Crippen molar-refractivity contribution in [3.05, 3.63) is 34.3 Å². The molecule has 24 heavy (non-hydrogen) atoms. The van der Waals surface area contributed by atoms with Crippen LogP contribution in [0.4, 0.5) is 22.1 Å². The average molecular weight is 392 g/mol. The van der Waals surface area contributed by atoms with Gasteiger partial charge in [-0.1, -0.05) is 22.9 Å². The Hall–Kier alpha value is -2.35.